The van der Waals surface area contributed by atoms with Gasteiger partial charge in [-0.3, -0.25) is 0 Å². The summed E-state index contributed by atoms with van der Waals surface area (Å²) in [5.41, 5.74) is 2.19. The Kier molecular flexibility index (Phi) is 3.20. The Bertz CT molecular complexity index is 462. The van der Waals surface area contributed by atoms with Crippen molar-refractivity contribution in [3.05, 3.63) is 58.6 Å². The van der Waals surface area contributed by atoms with E-state index in [4.69, 9.17) is 11.6 Å². The summed E-state index contributed by atoms with van der Waals surface area (Å²) < 4.78 is 0. The van der Waals surface area contributed by atoms with Gasteiger partial charge in [0, 0.05) is 5.92 Å². The van der Waals surface area contributed by atoms with Crippen LogP contribution in [0.5, 0.6) is 0 Å². The van der Waals surface area contributed by atoms with Gasteiger partial charge in [-0.25, -0.2) is 9.97 Å². The van der Waals surface area contributed by atoms with Gasteiger partial charge in [0.15, 0.2) is 0 Å². The molecule has 1 aromatic heterocycles. The Balaban J connectivity index is 2.37. The van der Waals surface area contributed by atoms with Crippen molar-refractivity contribution in [1.82, 2.24) is 9.97 Å². The second-order valence-corrected chi connectivity index (χ2v) is 4.18. The zero-order chi connectivity index (χ0) is 11.5. The van der Waals surface area contributed by atoms with Crippen molar-refractivity contribution < 1.29 is 0 Å². The van der Waals surface area contributed by atoms with E-state index in [-0.39, 0.29) is 5.92 Å². The van der Waals surface area contributed by atoms with Gasteiger partial charge in [0.05, 0.1) is 5.69 Å². The molecule has 1 atom stereocenters. The fraction of sp³-hybridized carbons (Fsp3) is 0.231. The highest BCUT2D eigenvalue weighted by molar-refractivity contribution is 6.29. The molecule has 2 rings (SSSR count). The van der Waals surface area contributed by atoms with E-state index < -0.39 is 0 Å². The van der Waals surface area contributed by atoms with Crippen molar-refractivity contribution in [2.24, 2.45) is 0 Å². The van der Waals surface area contributed by atoms with E-state index in [1.165, 1.54) is 5.56 Å². The topological polar surface area (TPSA) is 25.8 Å². The Morgan fingerprint density at radius 3 is 2.44 bits per heavy atom. The molecule has 0 saturated carbocycles. The molecule has 0 radical (unpaired) electrons. The van der Waals surface area contributed by atoms with Gasteiger partial charge in [0.25, 0.3) is 0 Å². The van der Waals surface area contributed by atoms with E-state index in [2.05, 4.69) is 29.0 Å². The Morgan fingerprint density at radius 1 is 1.12 bits per heavy atom. The molecule has 2 nitrogen and oxygen atoms in total. The zero-order valence-electron chi connectivity index (χ0n) is 9.31. The number of hydrogen-bond donors (Lipinski definition) is 0. The third-order valence-electron chi connectivity index (χ3n) is 2.57. The molecule has 0 spiro atoms. The van der Waals surface area contributed by atoms with E-state index in [9.17, 15) is 0 Å². The fourth-order valence-corrected chi connectivity index (χ4v) is 1.92. The van der Waals surface area contributed by atoms with Gasteiger partial charge in [0.2, 0.25) is 0 Å². The van der Waals surface area contributed by atoms with Crippen LogP contribution in [0.15, 0.2) is 36.4 Å². The van der Waals surface area contributed by atoms with Crippen LogP contribution in [0.4, 0.5) is 0 Å². The first-order chi connectivity index (χ1) is 7.66. The molecule has 1 heterocycles. The van der Waals surface area contributed by atoms with Crippen LogP contribution >= 0.6 is 11.6 Å². The van der Waals surface area contributed by atoms with Crippen LogP contribution in [0.25, 0.3) is 0 Å². The van der Waals surface area contributed by atoms with Gasteiger partial charge >= 0.3 is 0 Å². The van der Waals surface area contributed by atoms with Crippen molar-refractivity contribution in [1.29, 1.82) is 0 Å². The van der Waals surface area contributed by atoms with Gasteiger partial charge in [0.1, 0.15) is 11.0 Å². The van der Waals surface area contributed by atoms with E-state index in [1.807, 2.05) is 31.2 Å². The van der Waals surface area contributed by atoms with Crippen LogP contribution in [0.2, 0.25) is 5.15 Å². The minimum Gasteiger partial charge on any atom is -0.238 e. The molecule has 0 aliphatic rings. The maximum absolute atomic E-state index is 5.93. The van der Waals surface area contributed by atoms with E-state index in [1.54, 1.807) is 0 Å². The minimum absolute atomic E-state index is 0.236. The summed E-state index contributed by atoms with van der Waals surface area (Å²) in [6.45, 7) is 3.97. The summed E-state index contributed by atoms with van der Waals surface area (Å²) >= 11 is 5.93. The lowest BCUT2D eigenvalue weighted by Gasteiger charge is -2.11. The molecule has 0 N–H and O–H groups in total. The summed E-state index contributed by atoms with van der Waals surface area (Å²) in [5, 5.41) is 0.505. The third kappa shape index (κ3) is 2.39. The lowest BCUT2D eigenvalue weighted by atomic mass is 9.98. The maximum Gasteiger partial charge on any atom is 0.133 e. The molecule has 3 heteroatoms. The van der Waals surface area contributed by atoms with Gasteiger partial charge in [-0.15, -0.1) is 0 Å². The molecule has 2 aromatic rings. The van der Waals surface area contributed by atoms with E-state index >= 15 is 0 Å². The molecular formula is C13H13ClN2. The molecule has 82 valence electrons. The first-order valence-corrected chi connectivity index (χ1v) is 5.60. The van der Waals surface area contributed by atoms with Crippen molar-refractivity contribution in [2.45, 2.75) is 19.8 Å². The van der Waals surface area contributed by atoms with Gasteiger partial charge < -0.3 is 0 Å². The van der Waals surface area contributed by atoms with Crippen LogP contribution in [0.1, 0.15) is 29.9 Å². The van der Waals surface area contributed by atoms with Crippen molar-refractivity contribution in [2.75, 3.05) is 0 Å². The number of aromatic nitrogens is 2. The van der Waals surface area contributed by atoms with Gasteiger partial charge in [-0.1, -0.05) is 48.9 Å². The van der Waals surface area contributed by atoms with Crippen LogP contribution in [-0.2, 0) is 0 Å². The number of hydrogen-bond acceptors (Lipinski definition) is 2. The van der Waals surface area contributed by atoms with Crippen LogP contribution in [-0.4, -0.2) is 9.97 Å². The molecule has 16 heavy (non-hydrogen) atoms. The molecule has 0 bridgehead atoms. The summed E-state index contributed by atoms with van der Waals surface area (Å²) in [7, 11) is 0. The predicted molar refractivity (Wildman–Crippen MR) is 65.7 cm³/mol. The summed E-state index contributed by atoms with van der Waals surface area (Å²) in [4.78, 5) is 8.48. The average molecular weight is 233 g/mol. The quantitative estimate of drug-likeness (QED) is 0.740. The number of aryl methyl sites for hydroxylation is 1. The Morgan fingerprint density at radius 2 is 1.81 bits per heavy atom. The number of halogens is 1. The highest BCUT2D eigenvalue weighted by Gasteiger charge is 2.11. The molecule has 0 aliphatic heterocycles. The maximum atomic E-state index is 5.93. The molecule has 0 unspecified atom stereocenters. The zero-order valence-corrected chi connectivity index (χ0v) is 10.1. The Labute approximate surface area is 100 Å². The lowest BCUT2D eigenvalue weighted by Crippen LogP contribution is -2.01. The van der Waals surface area contributed by atoms with E-state index in [0.717, 1.165) is 5.69 Å². The molecule has 0 saturated heterocycles. The fourth-order valence-electron chi connectivity index (χ4n) is 1.69. The molecule has 0 fully saturated rings. The SMILES string of the molecule is Cc1nc(Cl)cc([C@H](C)c2ccccc2)n1. The molecule has 1 aromatic carbocycles. The smallest absolute Gasteiger partial charge is 0.133 e. The first-order valence-electron chi connectivity index (χ1n) is 5.23. The molecule has 0 amide bonds. The first kappa shape index (κ1) is 11.1. The van der Waals surface area contributed by atoms with E-state index in [0.29, 0.717) is 11.0 Å². The highest BCUT2D eigenvalue weighted by atomic mass is 35.5. The lowest BCUT2D eigenvalue weighted by molar-refractivity contribution is 0.842. The highest BCUT2D eigenvalue weighted by Crippen LogP contribution is 2.23. The standard InChI is InChI=1S/C13H13ClN2/c1-9(11-6-4-3-5-7-11)12-8-13(14)16-10(2)15-12/h3-9H,1-2H3/t9-/m1/s1. The second kappa shape index (κ2) is 4.62. The van der Waals surface area contributed by atoms with Gasteiger partial charge in [-0.2, -0.15) is 0 Å². The second-order valence-electron chi connectivity index (χ2n) is 3.80. The average Bonchev–Trinajstić information content (AvgIpc) is 2.28. The predicted octanol–water partition coefficient (Wildman–Crippen LogP) is 3.59. The minimum atomic E-state index is 0.236. The number of benzene rings is 1. The summed E-state index contributed by atoms with van der Waals surface area (Å²) in [5.74, 6) is 0.950. The van der Waals surface area contributed by atoms with Crippen LogP contribution in [0, 0.1) is 6.92 Å². The summed E-state index contributed by atoms with van der Waals surface area (Å²) in [6, 6.07) is 12.1. The summed E-state index contributed by atoms with van der Waals surface area (Å²) in [6.07, 6.45) is 0. The van der Waals surface area contributed by atoms with Gasteiger partial charge in [-0.05, 0) is 18.6 Å². The largest absolute Gasteiger partial charge is 0.238 e. The third-order valence-corrected chi connectivity index (χ3v) is 2.76. The van der Waals surface area contributed by atoms with Crippen molar-refractivity contribution in [3.63, 3.8) is 0 Å². The molecule has 0 aliphatic carbocycles. The van der Waals surface area contributed by atoms with Crippen LogP contribution in [0.3, 0.4) is 0 Å². The molecular weight excluding hydrogens is 220 g/mol. The Hall–Kier alpha value is -1.41. The van der Waals surface area contributed by atoms with Crippen molar-refractivity contribution in [3.8, 4) is 0 Å². The van der Waals surface area contributed by atoms with Crippen molar-refractivity contribution >= 4 is 11.6 Å². The number of nitrogens with zero attached hydrogens (tertiary/aromatic N) is 2. The normalized spacial score (nSPS) is 12.4. The van der Waals surface area contributed by atoms with Crippen LogP contribution < -0.4 is 0 Å². The monoisotopic (exact) mass is 232 g/mol. The number of rotatable bonds is 2.